The highest BCUT2D eigenvalue weighted by Crippen LogP contribution is 2.68. The third-order valence-corrected chi connectivity index (χ3v) is 13.0. The number of H-pyrrole nitrogens is 1. The number of nitrogens with one attached hydrogen (secondary N) is 1. The summed E-state index contributed by atoms with van der Waals surface area (Å²) in [6.07, 6.45) is 3.91. The lowest BCUT2D eigenvalue weighted by Gasteiger charge is -2.43. The summed E-state index contributed by atoms with van der Waals surface area (Å²) in [5.41, 5.74) is 1.33. The Morgan fingerprint density at radius 3 is 2.44 bits per heavy atom. The lowest BCUT2D eigenvalue weighted by molar-refractivity contribution is -0.134. The van der Waals surface area contributed by atoms with Crippen LogP contribution in [0.5, 0.6) is 11.5 Å². The summed E-state index contributed by atoms with van der Waals surface area (Å²) < 4.78 is 25.3. The van der Waals surface area contributed by atoms with Gasteiger partial charge in [0.1, 0.15) is 5.82 Å². The fourth-order valence-corrected chi connectivity index (χ4v) is 11.5. The largest absolute Gasteiger partial charge is 0.493 e. The van der Waals surface area contributed by atoms with E-state index in [9.17, 15) is 23.6 Å². The first-order valence-corrected chi connectivity index (χ1v) is 17.1. The van der Waals surface area contributed by atoms with Gasteiger partial charge in [-0.05, 0) is 85.4 Å². The SMILES string of the molecule is COc1cc([C@H]2c3sc(=O)[nH]c3SC3C4CC(C5C(=O)N(c6ccc(F)cc6)C(=O)C45)C32)ccc1OCC(=O)N1CCCCC1. The van der Waals surface area contributed by atoms with Gasteiger partial charge in [-0.2, -0.15) is 0 Å². The Labute approximate surface area is 267 Å². The van der Waals surface area contributed by atoms with Gasteiger partial charge in [0.25, 0.3) is 5.91 Å². The average Bonchev–Trinajstić information content (AvgIpc) is 3.79. The molecule has 2 saturated heterocycles. The van der Waals surface area contributed by atoms with Crippen molar-refractivity contribution < 1.29 is 28.2 Å². The number of imide groups is 1. The molecule has 8 rings (SSSR count). The van der Waals surface area contributed by atoms with Crippen molar-refractivity contribution in [2.75, 3.05) is 31.7 Å². The van der Waals surface area contributed by atoms with Crippen molar-refractivity contribution in [1.82, 2.24) is 9.88 Å². The molecule has 7 atom stereocenters. The van der Waals surface area contributed by atoms with Crippen LogP contribution in [-0.4, -0.2) is 59.7 Å². The van der Waals surface area contributed by atoms with Crippen molar-refractivity contribution in [2.45, 2.75) is 41.9 Å². The van der Waals surface area contributed by atoms with E-state index in [1.807, 2.05) is 23.1 Å². The van der Waals surface area contributed by atoms with Gasteiger partial charge in [0, 0.05) is 29.1 Å². The monoisotopic (exact) mass is 649 g/mol. The van der Waals surface area contributed by atoms with Gasteiger partial charge < -0.3 is 19.4 Å². The molecule has 3 amide bonds. The maximum absolute atomic E-state index is 13.9. The molecule has 1 aromatic heterocycles. The molecule has 0 radical (unpaired) electrons. The van der Waals surface area contributed by atoms with Crippen LogP contribution in [0.15, 0.2) is 52.3 Å². The summed E-state index contributed by atoms with van der Waals surface area (Å²) in [7, 11) is 1.56. The zero-order chi connectivity index (χ0) is 31.0. The van der Waals surface area contributed by atoms with Crippen molar-refractivity contribution in [2.24, 2.45) is 29.6 Å². The summed E-state index contributed by atoms with van der Waals surface area (Å²) in [4.78, 5) is 60.0. The number of halogens is 1. The molecular formula is C33H32FN3O6S2. The minimum absolute atomic E-state index is 0.0160. The number of amides is 3. The number of aromatic nitrogens is 1. The number of benzene rings is 2. The maximum atomic E-state index is 13.9. The zero-order valence-corrected chi connectivity index (χ0v) is 26.2. The third-order valence-electron chi connectivity index (χ3n) is 10.4. The second kappa shape index (κ2) is 11.0. The Morgan fingerprint density at radius 2 is 1.71 bits per heavy atom. The van der Waals surface area contributed by atoms with Crippen LogP contribution < -0.4 is 19.2 Å². The highest BCUT2D eigenvalue weighted by Gasteiger charge is 2.69. The molecule has 3 aromatic rings. The number of methoxy groups -OCH3 is 1. The third kappa shape index (κ3) is 4.54. The molecule has 9 nitrogen and oxygen atoms in total. The number of hydrogen-bond donors (Lipinski definition) is 1. The Kier molecular flexibility index (Phi) is 7.05. The molecule has 4 fully saturated rings. The van der Waals surface area contributed by atoms with Gasteiger partial charge >= 0.3 is 4.87 Å². The first kappa shape index (κ1) is 28.8. The van der Waals surface area contributed by atoms with E-state index in [1.165, 1.54) is 40.5 Å². The van der Waals surface area contributed by atoms with Gasteiger partial charge in [0.05, 0.1) is 29.7 Å². The quantitative estimate of drug-likeness (QED) is 0.387. The summed E-state index contributed by atoms with van der Waals surface area (Å²) in [6.45, 7) is 1.43. The first-order chi connectivity index (χ1) is 21.8. The molecule has 234 valence electrons. The number of ether oxygens (including phenoxy) is 2. The topological polar surface area (TPSA) is 109 Å². The van der Waals surface area contributed by atoms with E-state index in [4.69, 9.17) is 9.47 Å². The van der Waals surface area contributed by atoms with Crippen LogP contribution >= 0.6 is 23.1 Å². The van der Waals surface area contributed by atoms with Gasteiger partial charge in [-0.25, -0.2) is 4.39 Å². The second-order valence-electron chi connectivity index (χ2n) is 12.6. The Morgan fingerprint density at radius 1 is 0.978 bits per heavy atom. The highest BCUT2D eigenvalue weighted by atomic mass is 32.2. The fourth-order valence-electron chi connectivity index (χ4n) is 8.61. The van der Waals surface area contributed by atoms with E-state index in [2.05, 4.69) is 4.98 Å². The number of anilines is 1. The maximum Gasteiger partial charge on any atom is 0.305 e. The Balaban J connectivity index is 1.11. The molecule has 2 saturated carbocycles. The van der Waals surface area contributed by atoms with Crippen molar-refractivity contribution in [3.05, 3.63) is 68.4 Å². The van der Waals surface area contributed by atoms with Gasteiger partial charge in [-0.1, -0.05) is 17.4 Å². The Bertz CT molecular complexity index is 1750. The lowest BCUT2D eigenvalue weighted by Crippen LogP contribution is -2.42. The van der Waals surface area contributed by atoms with E-state index in [1.54, 1.807) is 18.9 Å². The normalized spacial score (nSPS) is 29.9. The smallest absolute Gasteiger partial charge is 0.305 e. The number of rotatable bonds is 6. The average molecular weight is 650 g/mol. The van der Waals surface area contributed by atoms with Crippen LogP contribution in [0.2, 0.25) is 0 Å². The molecule has 1 N–H and O–H groups in total. The molecule has 45 heavy (non-hydrogen) atoms. The van der Waals surface area contributed by atoms with Crippen molar-refractivity contribution in [1.29, 1.82) is 0 Å². The summed E-state index contributed by atoms with van der Waals surface area (Å²) in [5.74, 6) is -1.10. The molecule has 6 unspecified atom stereocenters. The standard InChI is InChI=1S/C33H32FN3O6S2/c1-42-22-13-16(5-10-21(22)43-15-23(38)36-11-3-2-4-12-36)24-25-19-14-20(28(25)44-30-29(24)45-33(41)35-30)27-26(19)31(39)37(32(27)40)18-8-6-17(34)7-9-18/h5-10,13,19-20,24-28H,2-4,11-12,14-15H2,1H3,(H,35,41)/t19?,20?,24-,25?,26?,27?,28?/m1/s1. The van der Waals surface area contributed by atoms with Crippen LogP contribution in [0.3, 0.4) is 0 Å². The van der Waals surface area contributed by atoms with E-state index in [-0.39, 0.29) is 58.1 Å². The van der Waals surface area contributed by atoms with Crippen LogP contribution in [0, 0.1) is 35.4 Å². The molecule has 2 aromatic carbocycles. The number of thiazole rings is 1. The van der Waals surface area contributed by atoms with Crippen LogP contribution in [0.4, 0.5) is 10.1 Å². The van der Waals surface area contributed by atoms with Crippen LogP contribution in [0.1, 0.15) is 42.0 Å². The minimum Gasteiger partial charge on any atom is -0.493 e. The highest BCUT2D eigenvalue weighted by molar-refractivity contribution is 8.00. The predicted octanol–water partition coefficient (Wildman–Crippen LogP) is 4.65. The molecule has 4 heterocycles. The summed E-state index contributed by atoms with van der Waals surface area (Å²) in [5, 5.41) is 0.854. The molecule has 2 bridgehead atoms. The minimum atomic E-state index is -0.459. The van der Waals surface area contributed by atoms with Crippen LogP contribution in [-0.2, 0) is 14.4 Å². The van der Waals surface area contributed by atoms with E-state index in [0.29, 0.717) is 17.2 Å². The van der Waals surface area contributed by atoms with Gasteiger partial charge in [0.15, 0.2) is 18.1 Å². The molecule has 2 aliphatic carbocycles. The predicted molar refractivity (Wildman–Crippen MR) is 166 cm³/mol. The Hall–Kier alpha value is -3.64. The van der Waals surface area contributed by atoms with E-state index < -0.39 is 17.7 Å². The fraction of sp³-hybridized carbons (Fsp3) is 0.455. The molecule has 0 spiro atoms. The first-order valence-electron chi connectivity index (χ1n) is 15.5. The van der Waals surface area contributed by atoms with E-state index >= 15 is 0 Å². The number of aromatic amines is 1. The molecule has 3 aliphatic heterocycles. The second-order valence-corrected chi connectivity index (χ2v) is 14.8. The van der Waals surface area contributed by atoms with Crippen LogP contribution in [0.25, 0.3) is 0 Å². The zero-order valence-electron chi connectivity index (χ0n) is 24.6. The number of carbonyl (C=O) groups excluding carboxylic acids is 3. The molecule has 5 aliphatic rings. The number of nitrogens with zero attached hydrogens (tertiary/aromatic N) is 2. The van der Waals surface area contributed by atoms with Gasteiger partial charge in [-0.3, -0.25) is 24.1 Å². The van der Waals surface area contributed by atoms with E-state index in [0.717, 1.165) is 54.2 Å². The number of carbonyl (C=O) groups is 3. The summed E-state index contributed by atoms with van der Waals surface area (Å²) in [6, 6.07) is 11.2. The number of hydrogen-bond acceptors (Lipinski definition) is 8. The van der Waals surface area contributed by atoms with Crippen molar-refractivity contribution in [3.63, 3.8) is 0 Å². The number of thioether (sulfide) groups is 1. The molecule has 12 heteroatoms. The number of piperidine rings is 1. The van der Waals surface area contributed by atoms with Crippen molar-refractivity contribution in [3.8, 4) is 11.5 Å². The summed E-state index contributed by atoms with van der Waals surface area (Å²) >= 11 is 2.81. The number of likely N-dealkylation sites (tertiary alicyclic amines) is 1. The van der Waals surface area contributed by atoms with Gasteiger partial charge in [-0.15, -0.1) is 11.8 Å². The number of fused-ring (bicyclic) bond motifs is 9. The van der Waals surface area contributed by atoms with Crippen molar-refractivity contribution >= 4 is 46.5 Å². The lowest BCUT2D eigenvalue weighted by atomic mass is 9.68. The molecular weight excluding hydrogens is 618 g/mol. The van der Waals surface area contributed by atoms with Gasteiger partial charge in [0.2, 0.25) is 11.8 Å².